The number of hydrogen-bond donors (Lipinski definition) is 1. The summed E-state index contributed by atoms with van der Waals surface area (Å²) in [5, 5.41) is 3.36. The molecule has 2 aliphatic rings. The second kappa shape index (κ2) is 6.71. The van der Waals surface area contributed by atoms with Crippen LogP contribution in [-0.4, -0.2) is 60.5 Å². The van der Waals surface area contributed by atoms with Gasteiger partial charge in [0.2, 0.25) is 5.91 Å². The summed E-state index contributed by atoms with van der Waals surface area (Å²) in [4.78, 5) is 17.0. The lowest BCUT2D eigenvalue weighted by atomic mass is 9.99. The van der Waals surface area contributed by atoms with E-state index in [-0.39, 0.29) is 6.04 Å². The van der Waals surface area contributed by atoms with E-state index in [1.165, 1.54) is 12.8 Å². The molecule has 1 atom stereocenters. The Hall–Kier alpha value is -0.610. The molecule has 2 heterocycles. The standard InChI is InChI=1S/C15H29N3O/c1-12(2)18-10-7-13(8-11-18)17(3)15(19)14-6-4-5-9-16-14/h12-14,16H,4-11H2,1-3H3/t14-/m1/s1. The molecule has 0 spiro atoms. The molecule has 4 nitrogen and oxygen atoms in total. The number of carbonyl (C=O) groups excluding carboxylic acids is 1. The first-order valence-electron chi connectivity index (χ1n) is 7.83. The first-order chi connectivity index (χ1) is 9.09. The van der Waals surface area contributed by atoms with Gasteiger partial charge < -0.3 is 15.1 Å². The average Bonchev–Trinajstić information content (AvgIpc) is 2.46. The van der Waals surface area contributed by atoms with Gasteiger partial charge in [-0.15, -0.1) is 0 Å². The quantitative estimate of drug-likeness (QED) is 0.841. The number of piperidine rings is 2. The lowest BCUT2D eigenvalue weighted by molar-refractivity contribution is -0.135. The molecular formula is C15H29N3O. The van der Waals surface area contributed by atoms with Gasteiger partial charge in [0.25, 0.3) is 0 Å². The van der Waals surface area contributed by atoms with Crippen LogP contribution in [0.4, 0.5) is 0 Å². The molecule has 0 aliphatic carbocycles. The normalized spacial score (nSPS) is 26.6. The third kappa shape index (κ3) is 3.69. The Morgan fingerprint density at radius 3 is 2.42 bits per heavy atom. The van der Waals surface area contributed by atoms with Crippen LogP contribution >= 0.6 is 0 Å². The Morgan fingerprint density at radius 2 is 1.89 bits per heavy atom. The van der Waals surface area contributed by atoms with Gasteiger partial charge in [-0.1, -0.05) is 6.42 Å². The molecule has 19 heavy (non-hydrogen) atoms. The number of rotatable bonds is 3. The van der Waals surface area contributed by atoms with Crippen molar-refractivity contribution in [3.63, 3.8) is 0 Å². The van der Waals surface area contributed by atoms with Gasteiger partial charge in [-0.3, -0.25) is 4.79 Å². The van der Waals surface area contributed by atoms with Gasteiger partial charge >= 0.3 is 0 Å². The van der Waals surface area contributed by atoms with Crippen LogP contribution in [-0.2, 0) is 4.79 Å². The van der Waals surface area contributed by atoms with Gasteiger partial charge in [-0.25, -0.2) is 0 Å². The smallest absolute Gasteiger partial charge is 0.239 e. The van der Waals surface area contributed by atoms with E-state index in [2.05, 4.69) is 24.1 Å². The van der Waals surface area contributed by atoms with Crippen molar-refractivity contribution in [1.82, 2.24) is 15.1 Å². The average molecular weight is 267 g/mol. The fraction of sp³-hybridized carbons (Fsp3) is 0.933. The molecule has 0 aromatic carbocycles. The number of amides is 1. The molecule has 110 valence electrons. The number of hydrogen-bond acceptors (Lipinski definition) is 3. The topological polar surface area (TPSA) is 35.6 Å². The summed E-state index contributed by atoms with van der Waals surface area (Å²) < 4.78 is 0. The molecular weight excluding hydrogens is 238 g/mol. The monoisotopic (exact) mass is 267 g/mol. The predicted molar refractivity (Wildman–Crippen MR) is 78.1 cm³/mol. The van der Waals surface area contributed by atoms with E-state index in [1.807, 2.05) is 11.9 Å². The number of likely N-dealkylation sites (tertiary alicyclic amines) is 1. The van der Waals surface area contributed by atoms with E-state index in [9.17, 15) is 4.79 Å². The minimum absolute atomic E-state index is 0.0712. The fourth-order valence-corrected chi connectivity index (χ4v) is 3.28. The van der Waals surface area contributed by atoms with Gasteiger partial charge in [0.15, 0.2) is 0 Å². The van der Waals surface area contributed by atoms with Crippen LogP contribution in [0.3, 0.4) is 0 Å². The highest BCUT2D eigenvalue weighted by molar-refractivity contribution is 5.82. The van der Waals surface area contributed by atoms with Gasteiger partial charge in [-0.05, 0) is 46.1 Å². The Balaban J connectivity index is 1.83. The number of likely N-dealkylation sites (N-methyl/N-ethyl adjacent to an activating group) is 1. The van der Waals surface area contributed by atoms with Crippen LogP contribution in [0, 0.1) is 0 Å². The lowest BCUT2D eigenvalue weighted by Crippen LogP contribution is -2.53. The molecule has 2 saturated heterocycles. The van der Waals surface area contributed by atoms with Crippen LogP contribution in [0.2, 0.25) is 0 Å². The van der Waals surface area contributed by atoms with Crippen molar-refractivity contribution in [2.75, 3.05) is 26.7 Å². The summed E-state index contributed by atoms with van der Waals surface area (Å²) in [6.45, 7) is 7.74. The van der Waals surface area contributed by atoms with Crippen molar-refractivity contribution < 1.29 is 4.79 Å². The SMILES string of the molecule is CC(C)N1CCC(N(C)C(=O)[C@H]2CCCCN2)CC1. The van der Waals surface area contributed by atoms with Gasteiger partial charge in [0.05, 0.1) is 6.04 Å². The van der Waals surface area contributed by atoms with Crippen molar-refractivity contribution in [3.8, 4) is 0 Å². The molecule has 1 amide bonds. The van der Waals surface area contributed by atoms with Gasteiger partial charge in [0, 0.05) is 32.2 Å². The summed E-state index contributed by atoms with van der Waals surface area (Å²) in [6, 6.07) is 1.13. The van der Waals surface area contributed by atoms with Crippen molar-refractivity contribution in [1.29, 1.82) is 0 Å². The zero-order valence-corrected chi connectivity index (χ0v) is 12.7. The molecule has 2 rings (SSSR count). The molecule has 0 radical (unpaired) electrons. The summed E-state index contributed by atoms with van der Waals surface area (Å²) in [5.41, 5.74) is 0. The van der Waals surface area contributed by atoms with Crippen molar-refractivity contribution in [3.05, 3.63) is 0 Å². The van der Waals surface area contributed by atoms with Crippen LogP contribution in [0.5, 0.6) is 0 Å². The molecule has 2 fully saturated rings. The number of nitrogens with one attached hydrogen (secondary N) is 1. The second-order valence-corrected chi connectivity index (χ2v) is 6.31. The second-order valence-electron chi connectivity index (χ2n) is 6.31. The van der Waals surface area contributed by atoms with E-state index >= 15 is 0 Å². The molecule has 0 aromatic heterocycles. The first kappa shape index (κ1) is 14.8. The molecule has 0 saturated carbocycles. The van der Waals surface area contributed by atoms with Crippen LogP contribution in [0.25, 0.3) is 0 Å². The Kier molecular flexibility index (Phi) is 5.22. The molecule has 0 bridgehead atoms. The maximum absolute atomic E-state index is 12.5. The predicted octanol–water partition coefficient (Wildman–Crippen LogP) is 1.46. The number of carbonyl (C=O) groups is 1. The van der Waals surface area contributed by atoms with Crippen molar-refractivity contribution in [2.24, 2.45) is 0 Å². The highest BCUT2D eigenvalue weighted by atomic mass is 16.2. The third-order valence-corrected chi connectivity index (χ3v) is 4.73. The maximum atomic E-state index is 12.5. The Bertz CT molecular complexity index is 292. The van der Waals surface area contributed by atoms with E-state index in [0.717, 1.165) is 38.9 Å². The van der Waals surface area contributed by atoms with Crippen molar-refractivity contribution in [2.45, 2.75) is 64.1 Å². The minimum Gasteiger partial charge on any atom is -0.341 e. The molecule has 0 aromatic rings. The Morgan fingerprint density at radius 1 is 1.21 bits per heavy atom. The Labute approximate surface area is 117 Å². The molecule has 1 N–H and O–H groups in total. The van der Waals surface area contributed by atoms with E-state index in [1.54, 1.807) is 0 Å². The number of nitrogens with zero attached hydrogens (tertiary/aromatic N) is 2. The molecule has 4 heteroatoms. The van der Waals surface area contributed by atoms with Gasteiger partial charge in [-0.2, -0.15) is 0 Å². The molecule has 0 unspecified atom stereocenters. The highest BCUT2D eigenvalue weighted by Crippen LogP contribution is 2.19. The summed E-state index contributed by atoms with van der Waals surface area (Å²) in [7, 11) is 1.99. The summed E-state index contributed by atoms with van der Waals surface area (Å²) in [5.74, 6) is 0.308. The fourth-order valence-electron chi connectivity index (χ4n) is 3.28. The molecule has 2 aliphatic heterocycles. The van der Waals surface area contributed by atoms with Crippen molar-refractivity contribution >= 4 is 5.91 Å². The highest BCUT2D eigenvalue weighted by Gasteiger charge is 2.30. The van der Waals surface area contributed by atoms with E-state index < -0.39 is 0 Å². The van der Waals surface area contributed by atoms with Crippen LogP contribution in [0.1, 0.15) is 46.0 Å². The van der Waals surface area contributed by atoms with Crippen LogP contribution < -0.4 is 5.32 Å². The third-order valence-electron chi connectivity index (χ3n) is 4.73. The largest absolute Gasteiger partial charge is 0.341 e. The van der Waals surface area contributed by atoms with Gasteiger partial charge in [0.1, 0.15) is 0 Å². The summed E-state index contributed by atoms with van der Waals surface area (Å²) >= 11 is 0. The van der Waals surface area contributed by atoms with Crippen LogP contribution in [0.15, 0.2) is 0 Å². The minimum atomic E-state index is 0.0712. The lowest BCUT2D eigenvalue weighted by Gasteiger charge is -2.40. The zero-order chi connectivity index (χ0) is 13.8. The first-order valence-corrected chi connectivity index (χ1v) is 7.83. The zero-order valence-electron chi connectivity index (χ0n) is 12.7. The van der Waals surface area contributed by atoms with E-state index in [0.29, 0.717) is 18.0 Å². The van der Waals surface area contributed by atoms with E-state index in [4.69, 9.17) is 0 Å². The maximum Gasteiger partial charge on any atom is 0.239 e. The summed E-state index contributed by atoms with van der Waals surface area (Å²) in [6.07, 6.45) is 5.64.